The van der Waals surface area contributed by atoms with Gasteiger partial charge in [-0.1, -0.05) is 30.3 Å². The largest absolute Gasteiger partial charge is 0.354 e. The number of ketones is 1. The van der Waals surface area contributed by atoms with Gasteiger partial charge in [-0.15, -0.1) is 0 Å². The number of benzene rings is 2. The number of nitrogens with zero attached hydrogens (tertiary/aromatic N) is 1. The fourth-order valence-electron chi connectivity index (χ4n) is 2.32. The lowest BCUT2D eigenvalue weighted by molar-refractivity contribution is 0.101. The van der Waals surface area contributed by atoms with Crippen molar-refractivity contribution in [1.29, 1.82) is 0 Å². The lowest BCUT2D eigenvalue weighted by atomic mass is 10.1. The van der Waals surface area contributed by atoms with Crippen LogP contribution in [0.2, 0.25) is 0 Å². The Morgan fingerprint density at radius 1 is 0.808 bits per heavy atom. The first-order valence-corrected chi connectivity index (χ1v) is 8.07. The van der Waals surface area contributed by atoms with E-state index in [9.17, 15) is 9.59 Å². The van der Waals surface area contributed by atoms with Gasteiger partial charge in [-0.2, -0.15) is 0 Å². The Kier molecular flexibility index (Phi) is 5.24. The third-order valence-electron chi connectivity index (χ3n) is 3.59. The molecule has 0 bridgehead atoms. The lowest BCUT2D eigenvalue weighted by Crippen LogP contribution is -2.19. The number of para-hydroxylation sites is 1. The molecular formula is C20H18N4O2. The van der Waals surface area contributed by atoms with Crippen molar-refractivity contribution < 1.29 is 9.59 Å². The van der Waals surface area contributed by atoms with Gasteiger partial charge in [-0.3, -0.25) is 10.1 Å². The highest BCUT2D eigenvalue weighted by Gasteiger charge is 2.04. The summed E-state index contributed by atoms with van der Waals surface area (Å²) in [6.07, 6.45) is 1.61. The predicted molar refractivity (Wildman–Crippen MR) is 103 cm³/mol. The summed E-state index contributed by atoms with van der Waals surface area (Å²) < 4.78 is 0. The molecule has 1 aromatic heterocycles. The van der Waals surface area contributed by atoms with Crippen LogP contribution in [0.5, 0.6) is 0 Å². The van der Waals surface area contributed by atoms with E-state index in [1.165, 1.54) is 6.92 Å². The van der Waals surface area contributed by atoms with Gasteiger partial charge in [0.05, 0.1) is 11.9 Å². The van der Waals surface area contributed by atoms with Gasteiger partial charge in [0.15, 0.2) is 5.78 Å². The Bertz CT molecular complexity index is 909. The summed E-state index contributed by atoms with van der Waals surface area (Å²) in [5, 5.41) is 8.57. The molecule has 6 heteroatoms. The van der Waals surface area contributed by atoms with Crippen LogP contribution >= 0.6 is 0 Å². The number of anilines is 4. The van der Waals surface area contributed by atoms with Gasteiger partial charge in [0, 0.05) is 16.9 Å². The van der Waals surface area contributed by atoms with Crippen LogP contribution in [0.4, 0.5) is 27.7 Å². The van der Waals surface area contributed by atoms with E-state index in [4.69, 9.17) is 0 Å². The summed E-state index contributed by atoms with van der Waals surface area (Å²) in [6.45, 7) is 1.53. The number of urea groups is 1. The predicted octanol–water partition coefficient (Wildman–Crippen LogP) is 4.67. The monoisotopic (exact) mass is 346 g/mol. The molecule has 26 heavy (non-hydrogen) atoms. The Morgan fingerprint density at radius 2 is 1.58 bits per heavy atom. The normalized spacial score (nSPS) is 10.0. The lowest BCUT2D eigenvalue weighted by Gasteiger charge is -2.09. The van der Waals surface area contributed by atoms with Crippen molar-refractivity contribution in [3.8, 4) is 0 Å². The summed E-state index contributed by atoms with van der Waals surface area (Å²) in [4.78, 5) is 27.6. The van der Waals surface area contributed by atoms with Crippen LogP contribution < -0.4 is 16.0 Å². The topological polar surface area (TPSA) is 83.1 Å². The maximum Gasteiger partial charge on any atom is 0.324 e. The van der Waals surface area contributed by atoms with Crippen LogP contribution in [0, 0.1) is 0 Å². The van der Waals surface area contributed by atoms with E-state index in [1.54, 1.807) is 42.6 Å². The van der Waals surface area contributed by atoms with Crippen LogP contribution in [0.25, 0.3) is 0 Å². The number of rotatable bonds is 5. The van der Waals surface area contributed by atoms with Gasteiger partial charge in [-0.05, 0) is 43.3 Å². The molecule has 0 aliphatic rings. The zero-order valence-electron chi connectivity index (χ0n) is 14.2. The van der Waals surface area contributed by atoms with Gasteiger partial charge in [0.2, 0.25) is 0 Å². The number of carbonyl (C=O) groups excluding carboxylic acids is 2. The van der Waals surface area contributed by atoms with Crippen molar-refractivity contribution in [3.63, 3.8) is 0 Å². The molecule has 0 saturated carbocycles. The minimum Gasteiger partial charge on any atom is -0.354 e. The summed E-state index contributed by atoms with van der Waals surface area (Å²) in [5.41, 5.74) is 2.88. The van der Waals surface area contributed by atoms with Gasteiger partial charge in [0.1, 0.15) is 5.82 Å². The maximum absolute atomic E-state index is 11.9. The molecule has 3 rings (SSSR count). The maximum atomic E-state index is 11.9. The number of nitrogens with one attached hydrogen (secondary N) is 3. The number of Topliss-reactive ketones (excluding diaryl/α,β-unsaturated/α-hetero) is 1. The van der Waals surface area contributed by atoms with E-state index in [-0.39, 0.29) is 11.8 Å². The second-order valence-corrected chi connectivity index (χ2v) is 5.64. The molecule has 2 amide bonds. The van der Waals surface area contributed by atoms with Gasteiger partial charge < -0.3 is 10.6 Å². The molecule has 0 atom stereocenters. The first kappa shape index (κ1) is 17.2. The molecule has 3 N–H and O–H groups in total. The number of pyridine rings is 1. The van der Waals surface area contributed by atoms with Gasteiger partial charge >= 0.3 is 6.03 Å². The van der Waals surface area contributed by atoms with Crippen molar-refractivity contribution in [3.05, 3.63) is 78.5 Å². The summed E-state index contributed by atoms with van der Waals surface area (Å²) in [7, 11) is 0. The third kappa shape index (κ3) is 4.67. The van der Waals surface area contributed by atoms with E-state index in [0.29, 0.717) is 17.1 Å². The standard InChI is InChI=1S/C20H18N4O2/c1-14(25)15-6-5-9-17(12-15)22-18-10-11-19(21-13-18)24-20(26)23-16-7-3-2-4-8-16/h2-13,22H,1H3,(H2,21,23,24,26). The van der Waals surface area contributed by atoms with Crippen LogP contribution in [-0.2, 0) is 0 Å². The summed E-state index contributed by atoms with van der Waals surface area (Å²) in [6, 6.07) is 19.5. The molecule has 0 aliphatic carbocycles. The van der Waals surface area contributed by atoms with Crippen molar-refractivity contribution in [2.75, 3.05) is 16.0 Å². The minimum atomic E-state index is -0.362. The highest BCUT2D eigenvalue weighted by atomic mass is 16.2. The molecule has 0 aliphatic heterocycles. The number of hydrogen-bond donors (Lipinski definition) is 3. The van der Waals surface area contributed by atoms with E-state index in [2.05, 4.69) is 20.9 Å². The molecule has 3 aromatic rings. The molecule has 0 unspecified atom stereocenters. The molecular weight excluding hydrogens is 328 g/mol. The van der Waals surface area contributed by atoms with Crippen molar-refractivity contribution >= 4 is 34.7 Å². The number of amides is 2. The highest BCUT2D eigenvalue weighted by molar-refractivity contribution is 5.99. The first-order valence-electron chi connectivity index (χ1n) is 8.07. The van der Waals surface area contributed by atoms with E-state index in [1.807, 2.05) is 30.3 Å². The average Bonchev–Trinajstić information content (AvgIpc) is 2.64. The fourth-order valence-corrected chi connectivity index (χ4v) is 2.32. The Labute approximate surface area is 151 Å². The van der Waals surface area contributed by atoms with Crippen molar-refractivity contribution in [2.24, 2.45) is 0 Å². The number of carbonyl (C=O) groups is 2. The number of hydrogen-bond acceptors (Lipinski definition) is 4. The second-order valence-electron chi connectivity index (χ2n) is 5.64. The SMILES string of the molecule is CC(=O)c1cccc(Nc2ccc(NC(=O)Nc3ccccc3)nc2)c1. The highest BCUT2D eigenvalue weighted by Crippen LogP contribution is 2.18. The van der Waals surface area contributed by atoms with Crippen LogP contribution in [0.15, 0.2) is 72.9 Å². The van der Waals surface area contributed by atoms with Gasteiger partial charge in [-0.25, -0.2) is 9.78 Å². The molecule has 6 nitrogen and oxygen atoms in total. The van der Waals surface area contributed by atoms with Crippen LogP contribution in [-0.4, -0.2) is 16.8 Å². The van der Waals surface area contributed by atoms with Crippen molar-refractivity contribution in [1.82, 2.24) is 4.98 Å². The molecule has 0 radical (unpaired) electrons. The minimum absolute atomic E-state index is 0.00996. The summed E-state index contributed by atoms with van der Waals surface area (Å²) in [5.74, 6) is 0.442. The van der Waals surface area contributed by atoms with E-state index >= 15 is 0 Å². The van der Waals surface area contributed by atoms with Crippen LogP contribution in [0.3, 0.4) is 0 Å². The number of aromatic nitrogens is 1. The second kappa shape index (κ2) is 7.94. The quantitative estimate of drug-likeness (QED) is 0.586. The average molecular weight is 346 g/mol. The molecule has 0 fully saturated rings. The smallest absolute Gasteiger partial charge is 0.324 e. The van der Waals surface area contributed by atoms with Crippen molar-refractivity contribution in [2.45, 2.75) is 6.92 Å². The molecule has 0 saturated heterocycles. The molecule has 130 valence electrons. The Hall–Kier alpha value is -3.67. The molecule has 2 aromatic carbocycles. The Balaban J connectivity index is 1.60. The molecule has 0 spiro atoms. The van der Waals surface area contributed by atoms with Crippen LogP contribution in [0.1, 0.15) is 17.3 Å². The zero-order chi connectivity index (χ0) is 18.4. The molecule has 1 heterocycles. The Morgan fingerprint density at radius 3 is 2.27 bits per heavy atom. The van der Waals surface area contributed by atoms with E-state index in [0.717, 1.165) is 11.4 Å². The zero-order valence-corrected chi connectivity index (χ0v) is 14.2. The fraction of sp³-hybridized carbons (Fsp3) is 0.0500. The van der Waals surface area contributed by atoms with E-state index < -0.39 is 0 Å². The third-order valence-corrected chi connectivity index (χ3v) is 3.59. The van der Waals surface area contributed by atoms with Gasteiger partial charge in [0.25, 0.3) is 0 Å². The summed E-state index contributed by atoms with van der Waals surface area (Å²) >= 11 is 0. The first-order chi connectivity index (χ1) is 12.6.